The molecule has 3 nitrogen and oxygen atoms in total. The van der Waals surface area contributed by atoms with Crippen molar-refractivity contribution < 1.29 is 9.84 Å². The van der Waals surface area contributed by atoms with Crippen molar-refractivity contribution in [2.24, 2.45) is 0 Å². The zero-order valence-corrected chi connectivity index (χ0v) is 11.2. The Balaban J connectivity index is 2.06. The summed E-state index contributed by atoms with van der Waals surface area (Å²) >= 11 is 0. The highest BCUT2D eigenvalue weighted by Crippen LogP contribution is 2.32. The zero-order valence-electron chi connectivity index (χ0n) is 11.2. The summed E-state index contributed by atoms with van der Waals surface area (Å²) in [5, 5.41) is 10.8. The molecular formula is C17H15NO2. The van der Waals surface area contributed by atoms with Crippen LogP contribution in [0, 0.1) is 0 Å². The van der Waals surface area contributed by atoms with Gasteiger partial charge in [-0.25, -0.2) is 0 Å². The number of nitrogens with zero attached hydrogens (tertiary/aromatic N) is 1. The number of benzene rings is 2. The van der Waals surface area contributed by atoms with Crippen molar-refractivity contribution in [1.82, 2.24) is 4.98 Å². The molecule has 100 valence electrons. The first-order valence-corrected chi connectivity index (χ1v) is 6.54. The summed E-state index contributed by atoms with van der Waals surface area (Å²) in [6.07, 6.45) is 1.19. The number of rotatable bonds is 3. The largest absolute Gasteiger partial charge is 0.456 e. The lowest BCUT2D eigenvalue weighted by Crippen LogP contribution is -1.96. The predicted molar refractivity (Wildman–Crippen MR) is 78.9 cm³/mol. The smallest absolute Gasteiger partial charge is 0.136 e. The molecule has 0 saturated carbocycles. The third-order valence-corrected chi connectivity index (χ3v) is 3.19. The van der Waals surface area contributed by atoms with Gasteiger partial charge in [0.2, 0.25) is 0 Å². The minimum absolute atomic E-state index is 0.570. The van der Waals surface area contributed by atoms with Crippen LogP contribution in [0.15, 0.2) is 60.8 Å². The van der Waals surface area contributed by atoms with E-state index in [1.807, 2.05) is 54.6 Å². The summed E-state index contributed by atoms with van der Waals surface area (Å²) in [7, 11) is 0. The summed E-state index contributed by atoms with van der Waals surface area (Å²) in [6.45, 7) is 1.73. The maximum atomic E-state index is 9.80. The molecule has 0 spiro atoms. The van der Waals surface area contributed by atoms with E-state index in [9.17, 15) is 5.11 Å². The van der Waals surface area contributed by atoms with Crippen molar-refractivity contribution in [2.75, 3.05) is 0 Å². The van der Waals surface area contributed by atoms with E-state index in [1.165, 1.54) is 0 Å². The monoisotopic (exact) mass is 265 g/mol. The van der Waals surface area contributed by atoms with E-state index in [1.54, 1.807) is 13.1 Å². The van der Waals surface area contributed by atoms with Crippen molar-refractivity contribution >= 4 is 10.9 Å². The van der Waals surface area contributed by atoms with Crippen LogP contribution in [0.25, 0.3) is 10.9 Å². The van der Waals surface area contributed by atoms with Gasteiger partial charge in [-0.1, -0.05) is 24.3 Å². The number of aliphatic hydroxyl groups is 1. The van der Waals surface area contributed by atoms with Gasteiger partial charge in [0.05, 0.1) is 11.6 Å². The van der Waals surface area contributed by atoms with Crippen molar-refractivity contribution in [3.63, 3.8) is 0 Å². The van der Waals surface area contributed by atoms with E-state index in [0.717, 1.165) is 22.2 Å². The molecular weight excluding hydrogens is 250 g/mol. The molecule has 0 unspecified atom stereocenters. The van der Waals surface area contributed by atoms with Crippen LogP contribution in [0.4, 0.5) is 0 Å². The van der Waals surface area contributed by atoms with Gasteiger partial charge in [-0.3, -0.25) is 4.98 Å². The Bertz CT molecular complexity index is 732. The first kappa shape index (κ1) is 12.6. The van der Waals surface area contributed by atoms with E-state index in [-0.39, 0.29) is 0 Å². The quantitative estimate of drug-likeness (QED) is 0.775. The van der Waals surface area contributed by atoms with Gasteiger partial charge in [-0.05, 0) is 37.3 Å². The highest BCUT2D eigenvalue weighted by molar-refractivity contribution is 5.85. The third kappa shape index (κ3) is 2.36. The number of hydrogen-bond acceptors (Lipinski definition) is 3. The molecule has 0 radical (unpaired) electrons. The van der Waals surface area contributed by atoms with Gasteiger partial charge in [-0.2, -0.15) is 0 Å². The van der Waals surface area contributed by atoms with Gasteiger partial charge in [0.25, 0.3) is 0 Å². The molecule has 0 saturated heterocycles. The zero-order chi connectivity index (χ0) is 13.9. The maximum absolute atomic E-state index is 9.80. The molecule has 1 aromatic heterocycles. The van der Waals surface area contributed by atoms with Gasteiger partial charge < -0.3 is 9.84 Å². The second kappa shape index (κ2) is 5.31. The topological polar surface area (TPSA) is 42.4 Å². The second-order valence-electron chi connectivity index (χ2n) is 4.64. The molecule has 0 fully saturated rings. The predicted octanol–water partition coefficient (Wildman–Crippen LogP) is 4.08. The summed E-state index contributed by atoms with van der Waals surface area (Å²) in [5.74, 6) is 1.41. The summed E-state index contributed by atoms with van der Waals surface area (Å²) in [6, 6.07) is 17.1. The fourth-order valence-electron chi connectivity index (χ4n) is 2.20. The normalized spacial score (nSPS) is 12.3. The Morgan fingerprint density at radius 3 is 2.60 bits per heavy atom. The maximum Gasteiger partial charge on any atom is 0.136 e. The van der Waals surface area contributed by atoms with Crippen LogP contribution < -0.4 is 4.74 Å². The molecule has 1 heterocycles. The summed E-state index contributed by atoms with van der Waals surface area (Å²) in [4.78, 5) is 4.31. The highest BCUT2D eigenvalue weighted by atomic mass is 16.5. The summed E-state index contributed by atoms with van der Waals surface area (Å²) < 4.78 is 5.98. The Morgan fingerprint density at radius 1 is 0.950 bits per heavy atom. The molecule has 3 heteroatoms. The molecule has 20 heavy (non-hydrogen) atoms. The molecule has 3 rings (SSSR count). The lowest BCUT2D eigenvalue weighted by atomic mass is 10.1. The number of pyridine rings is 1. The van der Waals surface area contributed by atoms with Gasteiger partial charge in [-0.15, -0.1) is 0 Å². The number of fused-ring (bicyclic) bond motifs is 1. The molecule has 2 aromatic carbocycles. The van der Waals surface area contributed by atoms with E-state index in [2.05, 4.69) is 4.98 Å². The minimum Gasteiger partial charge on any atom is -0.456 e. The second-order valence-corrected chi connectivity index (χ2v) is 4.64. The SMILES string of the molecule is C[C@@H](O)c1ccccc1Oc1cccc2ncccc12. The number of hydrogen-bond donors (Lipinski definition) is 1. The van der Waals surface area contributed by atoms with E-state index >= 15 is 0 Å². The fourth-order valence-corrected chi connectivity index (χ4v) is 2.20. The van der Waals surface area contributed by atoms with E-state index in [0.29, 0.717) is 5.75 Å². The fraction of sp³-hybridized carbons (Fsp3) is 0.118. The Labute approximate surface area is 117 Å². The van der Waals surface area contributed by atoms with Crippen molar-refractivity contribution in [2.45, 2.75) is 13.0 Å². The minimum atomic E-state index is -0.570. The Morgan fingerprint density at radius 2 is 1.75 bits per heavy atom. The number of aliphatic hydroxyl groups excluding tert-OH is 1. The highest BCUT2D eigenvalue weighted by Gasteiger charge is 2.10. The third-order valence-electron chi connectivity index (χ3n) is 3.19. The van der Waals surface area contributed by atoms with E-state index < -0.39 is 6.10 Å². The van der Waals surface area contributed by atoms with Crippen LogP contribution in [-0.2, 0) is 0 Å². The van der Waals surface area contributed by atoms with Crippen LogP contribution >= 0.6 is 0 Å². The Kier molecular flexibility index (Phi) is 3.35. The molecule has 1 N–H and O–H groups in total. The van der Waals surface area contributed by atoms with Gasteiger partial charge in [0.1, 0.15) is 11.5 Å². The van der Waals surface area contributed by atoms with Gasteiger partial charge >= 0.3 is 0 Å². The van der Waals surface area contributed by atoms with Crippen molar-refractivity contribution in [3.8, 4) is 11.5 Å². The summed E-state index contributed by atoms with van der Waals surface area (Å²) in [5.41, 5.74) is 1.66. The molecule has 0 aliphatic heterocycles. The molecule has 0 amide bonds. The molecule has 1 atom stereocenters. The average Bonchev–Trinajstić information content (AvgIpc) is 2.48. The molecule has 0 bridgehead atoms. The molecule has 3 aromatic rings. The van der Waals surface area contributed by atoms with Crippen molar-refractivity contribution in [1.29, 1.82) is 0 Å². The van der Waals surface area contributed by atoms with Crippen LogP contribution in [0.3, 0.4) is 0 Å². The van der Waals surface area contributed by atoms with Gasteiger partial charge in [0.15, 0.2) is 0 Å². The lowest BCUT2D eigenvalue weighted by Gasteiger charge is -2.14. The Hall–Kier alpha value is -2.39. The average molecular weight is 265 g/mol. The number of ether oxygens (including phenoxy) is 1. The molecule has 0 aliphatic carbocycles. The van der Waals surface area contributed by atoms with E-state index in [4.69, 9.17) is 4.74 Å². The van der Waals surface area contributed by atoms with Gasteiger partial charge in [0, 0.05) is 17.1 Å². The van der Waals surface area contributed by atoms with Crippen LogP contribution in [-0.4, -0.2) is 10.1 Å². The van der Waals surface area contributed by atoms with Crippen LogP contribution in [0.2, 0.25) is 0 Å². The van der Waals surface area contributed by atoms with Crippen LogP contribution in [0.5, 0.6) is 11.5 Å². The lowest BCUT2D eigenvalue weighted by molar-refractivity contribution is 0.195. The number of aromatic nitrogens is 1. The standard InChI is InChI=1S/C17H15NO2/c1-12(19)13-6-2-3-9-16(13)20-17-10-4-8-15-14(17)7-5-11-18-15/h2-12,19H,1H3/t12-/m1/s1. The first-order valence-electron chi connectivity index (χ1n) is 6.54. The van der Waals surface area contributed by atoms with Crippen LogP contribution in [0.1, 0.15) is 18.6 Å². The molecule has 0 aliphatic rings. The van der Waals surface area contributed by atoms with Crippen molar-refractivity contribution in [3.05, 3.63) is 66.4 Å². The number of para-hydroxylation sites is 1. The first-order chi connectivity index (χ1) is 9.75.